The Bertz CT molecular complexity index is 361. The van der Waals surface area contributed by atoms with Crippen LogP contribution < -0.4 is 5.73 Å². The summed E-state index contributed by atoms with van der Waals surface area (Å²) in [6.45, 7) is 5.36. The van der Waals surface area contributed by atoms with E-state index in [1.165, 1.54) is 37.2 Å². The first kappa shape index (κ1) is 13.5. The van der Waals surface area contributed by atoms with Gasteiger partial charge in [-0.25, -0.2) is 0 Å². The third kappa shape index (κ3) is 3.80. The fraction of sp³-hybridized carbons (Fsp3) is 0.600. The molecule has 0 radical (unpaired) electrons. The van der Waals surface area contributed by atoms with Gasteiger partial charge in [0.2, 0.25) is 0 Å². The molecule has 0 spiro atoms. The second kappa shape index (κ2) is 6.32. The Labute approximate surface area is 111 Å². The smallest absolute Gasteiger partial charge is 0.0230 e. The molecule has 2 rings (SSSR count). The molecule has 18 heavy (non-hydrogen) atoms. The van der Waals surface area contributed by atoms with Gasteiger partial charge in [0.15, 0.2) is 0 Å². The van der Waals surface area contributed by atoms with Crippen molar-refractivity contribution >= 4 is 0 Å². The summed E-state index contributed by atoms with van der Waals surface area (Å²) in [5.41, 5.74) is 8.19. The average molecular weight is 247 g/mol. The zero-order valence-corrected chi connectivity index (χ0v) is 11.6. The van der Waals surface area contributed by atoms with Crippen LogP contribution in [0.25, 0.3) is 0 Å². The predicted molar refractivity (Wildman–Crippen MR) is 76.3 cm³/mol. The maximum Gasteiger partial charge on any atom is 0.0230 e. The summed E-state index contributed by atoms with van der Waals surface area (Å²) in [5.74, 6) is 0.836. The minimum absolute atomic E-state index is 0.629. The van der Waals surface area contributed by atoms with Crippen molar-refractivity contribution in [3.05, 3.63) is 35.4 Å². The number of likely N-dealkylation sites (tertiary alicyclic amines) is 1. The van der Waals surface area contributed by atoms with E-state index in [4.69, 9.17) is 5.73 Å². The Kier molecular flexibility index (Phi) is 4.75. The maximum absolute atomic E-state index is 5.61. The van der Waals surface area contributed by atoms with E-state index >= 15 is 0 Å². The van der Waals surface area contributed by atoms with E-state index in [1.54, 1.807) is 0 Å². The molecule has 0 bridgehead atoms. The molecule has 1 saturated heterocycles. The van der Waals surface area contributed by atoms with Gasteiger partial charge in [-0.1, -0.05) is 24.3 Å². The first-order chi connectivity index (χ1) is 8.67. The van der Waals surface area contributed by atoms with Crippen molar-refractivity contribution in [2.45, 2.75) is 19.5 Å². The number of nitrogens with zero attached hydrogens (tertiary/aromatic N) is 2. The van der Waals surface area contributed by atoms with Gasteiger partial charge in [-0.15, -0.1) is 0 Å². The van der Waals surface area contributed by atoms with E-state index in [1.807, 2.05) is 0 Å². The highest BCUT2D eigenvalue weighted by Gasteiger charge is 2.20. The van der Waals surface area contributed by atoms with Crippen LogP contribution in [-0.4, -0.2) is 43.5 Å². The molecule has 0 aromatic heterocycles. The van der Waals surface area contributed by atoms with Gasteiger partial charge >= 0.3 is 0 Å². The molecule has 1 aromatic carbocycles. The molecule has 1 aliphatic heterocycles. The minimum atomic E-state index is 0.629. The zero-order chi connectivity index (χ0) is 13.0. The summed E-state index contributed by atoms with van der Waals surface area (Å²) in [7, 11) is 4.43. The summed E-state index contributed by atoms with van der Waals surface area (Å²) in [6.07, 6.45) is 1.34. The topological polar surface area (TPSA) is 32.5 Å². The molecule has 3 nitrogen and oxygen atoms in total. The van der Waals surface area contributed by atoms with Crippen LogP contribution in [0, 0.1) is 5.92 Å². The third-order valence-electron chi connectivity index (χ3n) is 3.77. The fourth-order valence-electron chi connectivity index (χ4n) is 2.77. The van der Waals surface area contributed by atoms with Gasteiger partial charge in [0.1, 0.15) is 0 Å². The molecule has 1 aromatic rings. The first-order valence-corrected chi connectivity index (χ1v) is 6.82. The normalized spacial score (nSPS) is 20.8. The van der Waals surface area contributed by atoms with Gasteiger partial charge in [-0.05, 0) is 44.1 Å². The van der Waals surface area contributed by atoms with Crippen molar-refractivity contribution in [2.75, 3.05) is 33.7 Å². The van der Waals surface area contributed by atoms with Gasteiger partial charge in [-0.3, -0.25) is 0 Å². The summed E-state index contributed by atoms with van der Waals surface area (Å²) < 4.78 is 0. The number of rotatable bonds is 5. The van der Waals surface area contributed by atoms with Crippen molar-refractivity contribution < 1.29 is 0 Å². The van der Waals surface area contributed by atoms with E-state index in [2.05, 4.69) is 48.2 Å². The van der Waals surface area contributed by atoms with Crippen LogP contribution in [0.5, 0.6) is 0 Å². The number of hydrogen-bond acceptors (Lipinski definition) is 3. The summed E-state index contributed by atoms with van der Waals surface area (Å²) in [6, 6.07) is 8.65. The van der Waals surface area contributed by atoms with Crippen LogP contribution in [0.15, 0.2) is 24.3 Å². The van der Waals surface area contributed by atoms with Gasteiger partial charge in [0, 0.05) is 26.2 Å². The van der Waals surface area contributed by atoms with E-state index < -0.39 is 0 Å². The zero-order valence-electron chi connectivity index (χ0n) is 11.6. The monoisotopic (exact) mass is 247 g/mol. The SMILES string of the molecule is CN1CCC(CN(C)Cc2ccc(CN)cc2)C1. The van der Waals surface area contributed by atoms with Crippen LogP contribution in [0.1, 0.15) is 17.5 Å². The van der Waals surface area contributed by atoms with Crippen LogP contribution >= 0.6 is 0 Å². The lowest BCUT2D eigenvalue weighted by atomic mass is 10.1. The minimum Gasteiger partial charge on any atom is -0.326 e. The van der Waals surface area contributed by atoms with Crippen LogP contribution in [-0.2, 0) is 13.1 Å². The molecule has 3 heteroatoms. The summed E-state index contributed by atoms with van der Waals surface area (Å²) in [4.78, 5) is 4.86. The number of nitrogens with two attached hydrogens (primary N) is 1. The largest absolute Gasteiger partial charge is 0.326 e. The molecule has 1 fully saturated rings. The Balaban J connectivity index is 1.80. The lowest BCUT2D eigenvalue weighted by molar-refractivity contribution is 0.267. The lowest BCUT2D eigenvalue weighted by Crippen LogP contribution is -2.27. The second-order valence-corrected chi connectivity index (χ2v) is 5.63. The second-order valence-electron chi connectivity index (χ2n) is 5.63. The predicted octanol–water partition coefficient (Wildman–Crippen LogP) is 1.53. The highest BCUT2D eigenvalue weighted by Crippen LogP contribution is 2.16. The molecule has 1 unspecified atom stereocenters. The molecule has 0 saturated carbocycles. The van der Waals surface area contributed by atoms with E-state index in [-0.39, 0.29) is 0 Å². The molecule has 0 aliphatic carbocycles. The highest BCUT2D eigenvalue weighted by molar-refractivity contribution is 5.22. The lowest BCUT2D eigenvalue weighted by Gasteiger charge is -2.21. The van der Waals surface area contributed by atoms with Crippen molar-refractivity contribution in [1.29, 1.82) is 0 Å². The Morgan fingerprint density at radius 2 is 1.94 bits per heavy atom. The molecular formula is C15H25N3. The summed E-state index contributed by atoms with van der Waals surface area (Å²) in [5, 5.41) is 0. The number of hydrogen-bond donors (Lipinski definition) is 1. The number of benzene rings is 1. The molecular weight excluding hydrogens is 222 g/mol. The van der Waals surface area contributed by atoms with Crippen molar-refractivity contribution in [2.24, 2.45) is 11.7 Å². The van der Waals surface area contributed by atoms with Crippen molar-refractivity contribution in [3.8, 4) is 0 Å². The molecule has 0 amide bonds. The van der Waals surface area contributed by atoms with Gasteiger partial charge in [-0.2, -0.15) is 0 Å². The van der Waals surface area contributed by atoms with Gasteiger partial charge in [0.05, 0.1) is 0 Å². The average Bonchev–Trinajstić information content (AvgIpc) is 2.75. The van der Waals surface area contributed by atoms with Gasteiger partial charge < -0.3 is 15.5 Å². The molecule has 1 aliphatic rings. The van der Waals surface area contributed by atoms with Crippen molar-refractivity contribution in [1.82, 2.24) is 9.80 Å². The van der Waals surface area contributed by atoms with Crippen LogP contribution in [0.2, 0.25) is 0 Å². The highest BCUT2D eigenvalue weighted by atomic mass is 15.1. The van der Waals surface area contributed by atoms with Crippen LogP contribution in [0.4, 0.5) is 0 Å². The molecule has 1 heterocycles. The Morgan fingerprint density at radius 1 is 1.28 bits per heavy atom. The first-order valence-electron chi connectivity index (χ1n) is 6.82. The van der Waals surface area contributed by atoms with E-state index in [0.29, 0.717) is 6.54 Å². The van der Waals surface area contributed by atoms with E-state index in [9.17, 15) is 0 Å². The molecule has 100 valence electrons. The van der Waals surface area contributed by atoms with Crippen LogP contribution in [0.3, 0.4) is 0 Å². The van der Waals surface area contributed by atoms with Gasteiger partial charge in [0.25, 0.3) is 0 Å². The third-order valence-corrected chi connectivity index (χ3v) is 3.77. The standard InChI is InChI=1S/C15H25N3/c1-17-8-7-15(11-17)12-18(2)10-14-5-3-13(9-16)4-6-14/h3-6,15H,7-12,16H2,1-2H3. The Hall–Kier alpha value is -0.900. The van der Waals surface area contributed by atoms with E-state index in [0.717, 1.165) is 12.5 Å². The maximum atomic E-state index is 5.61. The summed E-state index contributed by atoms with van der Waals surface area (Å²) >= 11 is 0. The molecule has 2 N–H and O–H groups in total. The quantitative estimate of drug-likeness (QED) is 0.856. The fourth-order valence-corrected chi connectivity index (χ4v) is 2.77. The van der Waals surface area contributed by atoms with Crippen molar-refractivity contribution in [3.63, 3.8) is 0 Å². The molecule has 1 atom stereocenters. The Morgan fingerprint density at radius 3 is 2.50 bits per heavy atom.